The van der Waals surface area contributed by atoms with Crippen LogP contribution in [0.2, 0.25) is 0 Å². The molecule has 4 nitrogen and oxygen atoms in total. The molecule has 1 aromatic heterocycles. The fourth-order valence-electron chi connectivity index (χ4n) is 3.16. The second-order valence-corrected chi connectivity index (χ2v) is 8.13. The van der Waals surface area contributed by atoms with Gasteiger partial charge in [0.15, 0.2) is 0 Å². The molecule has 3 N–H and O–H groups in total. The lowest BCUT2D eigenvalue weighted by Crippen LogP contribution is -2.03. The number of aliphatic hydroxyl groups is 1. The van der Waals surface area contributed by atoms with Crippen LogP contribution >= 0.6 is 0 Å². The molecular weight excluding hydrogens is 374 g/mol. The molecule has 1 atom stereocenters. The van der Waals surface area contributed by atoms with Gasteiger partial charge in [-0.3, -0.25) is 0 Å². The van der Waals surface area contributed by atoms with Gasteiger partial charge < -0.3 is 20.0 Å². The second-order valence-electron chi connectivity index (χ2n) is 8.13. The first-order valence-electron chi connectivity index (χ1n) is 10.7. The van der Waals surface area contributed by atoms with Crippen LogP contribution in [0.3, 0.4) is 0 Å². The summed E-state index contributed by atoms with van der Waals surface area (Å²) in [4.78, 5) is 13.5. The molecule has 0 bridgehead atoms. The second kappa shape index (κ2) is 13.6. The van der Waals surface area contributed by atoms with Crippen LogP contribution in [0.1, 0.15) is 58.6 Å². The molecule has 0 saturated heterocycles. The van der Waals surface area contributed by atoms with Gasteiger partial charge in [0, 0.05) is 23.5 Å². The quantitative estimate of drug-likeness (QED) is 0.462. The van der Waals surface area contributed by atoms with Crippen LogP contribution in [0.15, 0.2) is 54.7 Å². The number of aromatic hydroxyl groups is 1. The fourth-order valence-corrected chi connectivity index (χ4v) is 3.16. The van der Waals surface area contributed by atoms with Crippen molar-refractivity contribution in [2.75, 3.05) is 0 Å². The first kappa shape index (κ1) is 25.4. The molecule has 1 heterocycles. The van der Waals surface area contributed by atoms with Gasteiger partial charge in [0.2, 0.25) is 0 Å². The molecule has 0 aliphatic carbocycles. The topological polar surface area (TPSA) is 73.3 Å². The molecule has 164 valence electrons. The lowest BCUT2D eigenvalue weighted by atomic mass is 10.1. The van der Waals surface area contributed by atoms with E-state index in [0.717, 1.165) is 12.0 Å². The van der Waals surface area contributed by atoms with Crippen molar-refractivity contribution in [2.45, 2.75) is 66.4 Å². The maximum atomic E-state index is 10.3. The molecule has 0 radical (unpaired) electrons. The Labute approximate surface area is 181 Å². The number of aliphatic hydroxyl groups excluding tert-OH is 1. The van der Waals surface area contributed by atoms with E-state index >= 15 is 0 Å². The number of aromatic amines is 1. The van der Waals surface area contributed by atoms with Crippen molar-refractivity contribution >= 4 is 16.7 Å². The number of H-pyrrole nitrogens is 1. The Bertz CT molecular complexity index is 863. The molecule has 2 aromatic carbocycles. The van der Waals surface area contributed by atoms with Crippen LogP contribution in [0.4, 0.5) is 0 Å². The van der Waals surface area contributed by atoms with Gasteiger partial charge >= 0.3 is 0 Å². The number of benzene rings is 2. The SMILES string of the molecule is CC(=O)CC(C)C.CC(O)Cc1ccc(O)cc1.CCCc1c[nH]c2ccccc12. The van der Waals surface area contributed by atoms with Gasteiger partial charge in [0.1, 0.15) is 11.5 Å². The third-order valence-corrected chi connectivity index (χ3v) is 4.36. The lowest BCUT2D eigenvalue weighted by molar-refractivity contribution is -0.117. The summed E-state index contributed by atoms with van der Waals surface area (Å²) >= 11 is 0. The predicted octanol–water partition coefficient (Wildman–Crippen LogP) is 6.06. The number of phenols is 1. The summed E-state index contributed by atoms with van der Waals surface area (Å²) in [5.74, 6) is 1.08. The highest BCUT2D eigenvalue weighted by Crippen LogP contribution is 2.18. The van der Waals surface area contributed by atoms with Gasteiger partial charge in [-0.1, -0.05) is 57.5 Å². The molecule has 0 spiro atoms. The van der Waals surface area contributed by atoms with Crippen LogP contribution in [0, 0.1) is 5.92 Å². The maximum Gasteiger partial charge on any atom is 0.130 e. The zero-order valence-electron chi connectivity index (χ0n) is 19.0. The molecule has 3 rings (SSSR count). The number of hydrogen-bond donors (Lipinski definition) is 3. The van der Waals surface area contributed by atoms with E-state index in [1.54, 1.807) is 26.0 Å². The molecule has 3 aromatic rings. The van der Waals surface area contributed by atoms with Gasteiger partial charge in [-0.15, -0.1) is 0 Å². The molecule has 1 unspecified atom stereocenters. The third-order valence-electron chi connectivity index (χ3n) is 4.36. The molecule has 0 amide bonds. The Kier molecular flexibility index (Phi) is 11.5. The van der Waals surface area contributed by atoms with Crippen LogP contribution < -0.4 is 0 Å². The summed E-state index contributed by atoms with van der Waals surface area (Å²) < 4.78 is 0. The number of carbonyl (C=O) groups is 1. The number of ketones is 1. The Morgan fingerprint density at radius 2 is 1.67 bits per heavy atom. The monoisotopic (exact) mass is 411 g/mol. The van der Waals surface area contributed by atoms with E-state index in [0.29, 0.717) is 12.3 Å². The summed E-state index contributed by atoms with van der Waals surface area (Å²) in [6, 6.07) is 15.3. The van der Waals surface area contributed by atoms with Crippen molar-refractivity contribution in [3.63, 3.8) is 0 Å². The van der Waals surface area contributed by atoms with Crippen LogP contribution in [-0.4, -0.2) is 27.1 Å². The number of aromatic nitrogens is 1. The Balaban J connectivity index is 0.000000234. The number of nitrogens with one attached hydrogen (secondary N) is 1. The summed E-state index contributed by atoms with van der Waals surface area (Å²) in [5.41, 5.74) is 3.73. The lowest BCUT2D eigenvalue weighted by Gasteiger charge is -2.03. The Morgan fingerprint density at radius 1 is 1.03 bits per heavy atom. The molecule has 0 saturated carbocycles. The average Bonchev–Trinajstić information content (AvgIpc) is 3.07. The Hall–Kier alpha value is -2.59. The van der Waals surface area contributed by atoms with Crippen molar-refractivity contribution in [2.24, 2.45) is 5.92 Å². The number of rotatable bonds is 6. The van der Waals surface area contributed by atoms with Crippen LogP contribution in [0.5, 0.6) is 5.75 Å². The number of hydrogen-bond acceptors (Lipinski definition) is 3. The first-order chi connectivity index (χ1) is 14.2. The standard InChI is InChI=1S/C11H13N.C9H12O2.C6H12O/c1-2-5-9-8-12-11-7-4-3-6-10(9)11;1-7(10)6-8-2-4-9(11)5-3-8;1-5(2)4-6(3)7/h3-4,6-8,12H,2,5H2,1H3;2-5,7,10-11H,6H2,1H3;5H,4H2,1-3H3. The van der Waals surface area contributed by atoms with Gasteiger partial charge in [-0.2, -0.15) is 0 Å². The fraction of sp³-hybridized carbons (Fsp3) is 0.423. The van der Waals surface area contributed by atoms with Crippen molar-refractivity contribution in [3.05, 3.63) is 65.9 Å². The Morgan fingerprint density at radius 3 is 2.17 bits per heavy atom. The summed E-state index contributed by atoms with van der Waals surface area (Å²) in [7, 11) is 0. The summed E-state index contributed by atoms with van der Waals surface area (Å²) in [5, 5.41) is 19.3. The van der Waals surface area contributed by atoms with Crippen molar-refractivity contribution in [1.29, 1.82) is 0 Å². The summed E-state index contributed by atoms with van der Waals surface area (Å²) in [6.45, 7) is 9.66. The van der Waals surface area contributed by atoms with E-state index in [2.05, 4.69) is 42.4 Å². The molecule has 0 aliphatic rings. The largest absolute Gasteiger partial charge is 0.508 e. The number of phenolic OH excluding ortho intramolecular Hbond substituents is 1. The molecule has 0 aliphatic heterocycles. The van der Waals surface area contributed by atoms with E-state index in [1.807, 2.05) is 26.0 Å². The van der Waals surface area contributed by atoms with E-state index < -0.39 is 0 Å². The number of fused-ring (bicyclic) bond motifs is 1. The number of aryl methyl sites for hydroxylation is 1. The minimum atomic E-state index is -0.320. The van der Waals surface area contributed by atoms with E-state index in [1.165, 1.54) is 29.3 Å². The van der Waals surface area contributed by atoms with Crippen LogP contribution in [0.25, 0.3) is 10.9 Å². The van der Waals surface area contributed by atoms with Gasteiger partial charge in [-0.25, -0.2) is 0 Å². The predicted molar refractivity (Wildman–Crippen MR) is 126 cm³/mol. The van der Waals surface area contributed by atoms with Crippen molar-refractivity contribution in [1.82, 2.24) is 4.98 Å². The highest BCUT2D eigenvalue weighted by molar-refractivity contribution is 5.83. The first-order valence-corrected chi connectivity index (χ1v) is 10.7. The van der Waals surface area contributed by atoms with E-state index in [4.69, 9.17) is 10.2 Å². The zero-order chi connectivity index (χ0) is 22.5. The average molecular weight is 412 g/mol. The van der Waals surface area contributed by atoms with E-state index in [9.17, 15) is 4.79 Å². The maximum absolute atomic E-state index is 10.3. The number of para-hydroxylation sites is 1. The van der Waals surface area contributed by atoms with Gasteiger partial charge in [0.25, 0.3) is 0 Å². The molecule has 4 heteroatoms. The van der Waals surface area contributed by atoms with Gasteiger partial charge in [-0.05, 0) is 61.9 Å². The number of carbonyl (C=O) groups excluding carboxylic acids is 1. The van der Waals surface area contributed by atoms with Crippen molar-refractivity contribution < 1.29 is 15.0 Å². The van der Waals surface area contributed by atoms with E-state index in [-0.39, 0.29) is 17.6 Å². The molecule has 30 heavy (non-hydrogen) atoms. The van der Waals surface area contributed by atoms with Gasteiger partial charge in [0.05, 0.1) is 6.10 Å². The van der Waals surface area contributed by atoms with Crippen LogP contribution in [-0.2, 0) is 17.6 Å². The van der Waals surface area contributed by atoms with Crippen molar-refractivity contribution in [3.8, 4) is 5.75 Å². The smallest absolute Gasteiger partial charge is 0.130 e. The highest BCUT2D eigenvalue weighted by atomic mass is 16.3. The summed E-state index contributed by atoms with van der Waals surface area (Å²) in [6.07, 6.45) is 5.54. The minimum Gasteiger partial charge on any atom is -0.508 e. The third kappa shape index (κ3) is 10.3. The number of Topliss-reactive ketones (excluding diaryl/α,β-unsaturated/α-hetero) is 1. The zero-order valence-corrected chi connectivity index (χ0v) is 19.0. The molecular formula is C26H37NO3. The molecule has 0 fully saturated rings. The minimum absolute atomic E-state index is 0.263. The highest BCUT2D eigenvalue weighted by Gasteiger charge is 2.00. The normalized spacial score (nSPS) is 11.3.